The second-order valence-corrected chi connectivity index (χ2v) is 2.54. The van der Waals surface area contributed by atoms with E-state index in [1.807, 2.05) is 6.92 Å². The first-order valence-electron chi connectivity index (χ1n) is 3.82. The van der Waals surface area contributed by atoms with Crippen LogP contribution in [-0.4, -0.2) is 33.0 Å². The maximum Gasteiger partial charge on any atom is 0.222 e. The van der Waals surface area contributed by atoms with Crippen molar-refractivity contribution in [2.45, 2.75) is 19.9 Å². The van der Waals surface area contributed by atoms with Gasteiger partial charge in [0.05, 0.1) is 6.54 Å². The lowest BCUT2D eigenvalue weighted by atomic mass is 10.4. The molecule has 0 aromatic carbocycles. The van der Waals surface area contributed by atoms with Gasteiger partial charge in [0.25, 0.3) is 0 Å². The van der Waals surface area contributed by atoms with E-state index in [-0.39, 0.29) is 5.91 Å². The molecule has 5 nitrogen and oxygen atoms in total. The fourth-order valence-corrected chi connectivity index (χ4v) is 0.890. The van der Waals surface area contributed by atoms with E-state index in [1.165, 1.54) is 6.33 Å². The lowest BCUT2D eigenvalue weighted by Crippen LogP contribution is -2.25. The topological polar surface area (TPSA) is 61.9 Å². The Morgan fingerprint density at radius 1 is 1.75 bits per heavy atom. The van der Waals surface area contributed by atoms with Crippen molar-refractivity contribution in [3.05, 3.63) is 12.2 Å². The van der Waals surface area contributed by atoms with Gasteiger partial charge in [0, 0.05) is 13.5 Å². The van der Waals surface area contributed by atoms with Crippen molar-refractivity contribution in [2.75, 3.05) is 7.05 Å². The minimum absolute atomic E-state index is 0.103. The van der Waals surface area contributed by atoms with E-state index in [0.29, 0.717) is 18.8 Å². The van der Waals surface area contributed by atoms with Crippen LogP contribution in [0.15, 0.2) is 6.33 Å². The van der Waals surface area contributed by atoms with Gasteiger partial charge < -0.3 is 4.90 Å². The fraction of sp³-hybridized carbons (Fsp3) is 0.571. The highest BCUT2D eigenvalue weighted by Crippen LogP contribution is 1.96. The van der Waals surface area contributed by atoms with Crippen molar-refractivity contribution in [1.29, 1.82) is 0 Å². The average Bonchev–Trinajstić information content (AvgIpc) is 2.55. The van der Waals surface area contributed by atoms with E-state index in [2.05, 4.69) is 15.2 Å². The molecular formula is C7H12N4O. The molecule has 0 unspecified atom stereocenters. The van der Waals surface area contributed by atoms with Gasteiger partial charge in [-0.15, -0.1) is 0 Å². The molecule has 12 heavy (non-hydrogen) atoms. The SMILES string of the molecule is CCC(=O)N(C)Cc1ncn[nH]1. The lowest BCUT2D eigenvalue weighted by Gasteiger charge is -2.13. The van der Waals surface area contributed by atoms with Crippen LogP contribution in [-0.2, 0) is 11.3 Å². The molecule has 0 atom stereocenters. The largest absolute Gasteiger partial charge is 0.338 e. The summed E-state index contributed by atoms with van der Waals surface area (Å²) in [6.45, 7) is 2.33. The minimum Gasteiger partial charge on any atom is -0.338 e. The molecule has 0 saturated carbocycles. The molecule has 0 bridgehead atoms. The molecule has 0 aliphatic rings. The highest BCUT2D eigenvalue weighted by molar-refractivity contribution is 5.75. The normalized spacial score (nSPS) is 9.83. The van der Waals surface area contributed by atoms with Crippen LogP contribution in [0.5, 0.6) is 0 Å². The first-order valence-corrected chi connectivity index (χ1v) is 3.82. The maximum absolute atomic E-state index is 11.1. The molecule has 0 radical (unpaired) electrons. The van der Waals surface area contributed by atoms with Crippen LogP contribution < -0.4 is 0 Å². The number of aromatic amines is 1. The number of carbonyl (C=O) groups is 1. The standard InChI is InChI=1S/C7H12N4O/c1-3-7(12)11(2)4-6-8-5-9-10-6/h5H,3-4H2,1-2H3,(H,8,9,10). The van der Waals surface area contributed by atoms with Gasteiger partial charge in [0.15, 0.2) is 0 Å². The van der Waals surface area contributed by atoms with Crippen LogP contribution in [0, 0.1) is 0 Å². The van der Waals surface area contributed by atoms with Gasteiger partial charge in [-0.25, -0.2) is 4.98 Å². The summed E-state index contributed by atoms with van der Waals surface area (Å²) >= 11 is 0. The monoisotopic (exact) mass is 168 g/mol. The molecule has 0 fully saturated rings. The zero-order valence-electron chi connectivity index (χ0n) is 7.24. The first-order chi connectivity index (χ1) is 5.74. The van der Waals surface area contributed by atoms with E-state index in [9.17, 15) is 4.79 Å². The number of hydrogen-bond acceptors (Lipinski definition) is 3. The molecule has 1 N–H and O–H groups in total. The molecule has 5 heteroatoms. The Bertz CT molecular complexity index is 244. The van der Waals surface area contributed by atoms with Crippen LogP contribution >= 0.6 is 0 Å². The summed E-state index contributed by atoms with van der Waals surface area (Å²) in [6, 6.07) is 0. The van der Waals surface area contributed by atoms with Gasteiger partial charge >= 0.3 is 0 Å². The van der Waals surface area contributed by atoms with Gasteiger partial charge in [-0.1, -0.05) is 6.92 Å². The predicted octanol–water partition coefficient (Wildman–Crippen LogP) is 0.173. The molecule has 1 aromatic rings. The van der Waals surface area contributed by atoms with Gasteiger partial charge in [-0.05, 0) is 0 Å². The number of H-pyrrole nitrogens is 1. The molecule has 1 heterocycles. The first kappa shape index (κ1) is 8.70. The van der Waals surface area contributed by atoms with Crippen LogP contribution in [0.25, 0.3) is 0 Å². The summed E-state index contributed by atoms with van der Waals surface area (Å²) in [4.78, 5) is 16.6. The Morgan fingerprint density at radius 3 is 3.00 bits per heavy atom. The number of nitrogens with one attached hydrogen (secondary N) is 1. The van der Waals surface area contributed by atoms with Crippen LogP contribution in [0.4, 0.5) is 0 Å². The van der Waals surface area contributed by atoms with E-state index in [0.717, 1.165) is 0 Å². The third-order valence-electron chi connectivity index (χ3n) is 1.58. The third-order valence-corrected chi connectivity index (χ3v) is 1.58. The van der Waals surface area contributed by atoms with Crippen molar-refractivity contribution in [2.24, 2.45) is 0 Å². The highest BCUT2D eigenvalue weighted by Gasteiger charge is 2.07. The average molecular weight is 168 g/mol. The molecule has 0 aliphatic heterocycles. The fourth-order valence-electron chi connectivity index (χ4n) is 0.890. The quantitative estimate of drug-likeness (QED) is 0.700. The Kier molecular flexibility index (Phi) is 2.79. The molecule has 1 rings (SSSR count). The summed E-state index contributed by atoms with van der Waals surface area (Å²) in [5.74, 6) is 0.811. The molecule has 1 aromatic heterocycles. The minimum atomic E-state index is 0.103. The van der Waals surface area contributed by atoms with Crippen molar-refractivity contribution >= 4 is 5.91 Å². The number of hydrogen-bond donors (Lipinski definition) is 1. The van der Waals surface area contributed by atoms with Crippen molar-refractivity contribution < 1.29 is 4.79 Å². The number of aromatic nitrogens is 3. The Labute approximate surface area is 70.8 Å². The van der Waals surface area contributed by atoms with Crippen molar-refractivity contribution in [3.8, 4) is 0 Å². The van der Waals surface area contributed by atoms with Gasteiger partial charge in [-0.2, -0.15) is 5.10 Å². The van der Waals surface area contributed by atoms with Crippen molar-refractivity contribution in [1.82, 2.24) is 20.1 Å². The summed E-state index contributed by atoms with van der Waals surface area (Å²) in [5.41, 5.74) is 0. The molecule has 66 valence electrons. The molecule has 0 aliphatic carbocycles. The molecular weight excluding hydrogens is 156 g/mol. The summed E-state index contributed by atoms with van der Waals surface area (Å²) < 4.78 is 0. The number of nitrogens with zero attached hydrogens (tertiary/aromatic N) is 3. The number of rotatable bonds is 3. The smallest absolute Gasteiger partial charge is 0.222 e. The van der Waals surface area contributed by atoms with Crippen LogP contribution in [0.2, 0.25) is 0 Å². The molecule has 0 saturated heterocycles. The molecule has 0 spiro atoms. The lowest BCUT2D eigenvalue weighted by molar-refractivity contribution is -0.130. The molecule has 1 amide bonds. The Balaban J connectivity index is 2.47. The van der Waals surface area contributed by atoms with E-state index in [4.69, 9.17) is 0 Å². The Morgan fingerprint density at radius 2 is 2.50 bits per heavy atom. The number of amides is 1. The summed E-state index contributed by atoms with van der Waals surface area (Å²) in [5, 5.41) is 6.38. The van der Waals surface area contributed by atoms with Crippen LogP contribution in [0.1, 0.15) is 19.2 Å². The van der Waals surface area contributed by atoms with E-state index < -0.39 is 0 Å². The van der Waals surface area contributed by atoms with Gasteiger partial charge in [0.1, 0.15) is 12.2 Å². The second-order valence-electron chi connectivity index (χ2n) is 2.54. The predicted molar refractivity (Wildman–Crippen MR) is 43.1 cm³/mol. The zero-order chi connectivity index (χ0) is 8.97. The van der Waals surface area contributed by atoms with Crippen LogP contribution in [0.3, 0.4) is 0 Å². The van der Waals surface area contributed by atoms with E-state index in [1.54, 1.807) is 11.9 Å². The summed E-state index contributed by atoms with van der Waals surface area (Å²) in [7, 11) is 1.74. The maximum atomic E-state index is 11.1. The second kappa shape index (κ2) is 3.85. The van der Waals surface area contributed by atoms with E-state index >= 15 is 0 Å². The zero-order valence-corrected chi connectivity index (χ0v) is 7.24. The van der Waals surface area contributed by atoms with Gasteiger partial charge in [0.2, 0.25) is 5.91 Å². The highest BCUT2D eigenvalue weighted by atomic mass is 16.2. The Hall–Kier alpha value is -1.39. The van der Waals surface area contributed by atoms with Crippen molar-refractivity contribution in [3.63, 3.8) is 0 Å². The summed E-state index contributed by atoms with van der Waals surface area (Å²) in [6.07, 6.45) is 1.95. The third kappa shape index (κ3) is 2.05. The number of carbonyl (C=O) groups excluding carboxylic acids is 1. The van der Waals surface area contributed by atoms with Gasteiger partial charge in [-0.3, -0.25) is 9.89 Å².